The summed E-state index contributed by atoms with van der Waals surface area (Å²) < 4.78 is 3.10. The van der Waals surface area contributed by atoms with Crippen LogP contribution in [0.5, 0.6) is 0 Å². The Hall–Kier alpha value is -6.40. The van der Waals surface area contributed by atoms with Crippen LogP contribution in [0.1, 0.15) is 251 Å². The maximum absolute atomic E-state index is 13.7. The molecule has 9 fully saturated rings. The van der Waals surface area contributed by atoms with Crippen LogP contribution in [-0.4, -0.2) is 283 Å². The standard InChI is InChI=1S/C36H49BrClN5O2.C35H48BrClN6O2.C34H46BrClN6O2.CH4/c1-24(44)40-13-9-25(10-14-40)19-33(45)43-18-17-42(23-32(43)36(2,3)4)30-11-15-41(16-12-30)35-31-8-7-29(38)21-26(31)5-6-27-20-28(37)22-39-34(27)35;1-35(2,3)30-22-42(16-17-43(30)31(44)18-23-8-12-41(13-9-23)34(38)45)28-10-14-40(15-11-28)33-29-7-6-27(37)20-24(29)4-5-25-19-26(36)21-39-32(25)33;1-22(2)30-21-41(15-16-42(30)31(43)17-23-7-11-40(12-8-23)34(37)44)28-9-13-39(14-10-28)33-29-6-5-27(36)19-24(29)3-4-25-18-26(35)20-38-32(25)33;/h7-8,20-22,25,30,32,35H,5-6,9-19,23H2,1-4H3;6-7,19-21,23,28,30,33H,4-5,8-18,22H2,1-3H3,(H2,38,45);5-6,18-20,22-23,28,30,33H,3-4,7-17,21H2,1-2H3,(H2,37,44);1H4. The van der Waals surface area contributed by atoms with Crippen LogP contribution >= 0.6 is 82.6 Å². The Morgan fingerprint density at radius 2 is 0.652 bits per heavy atom. The van der Waals surface area contributed by atoms with Crippen LogP contribution in [0.3, 0.4) is 0 Å². The molecule has 734 valence electrons. The van der Waals surface area contributed by atoms with Gasteiger partial charge in [0.25, 0.3) is 0 Å². The van der Waals surface area contributed by atoms with E-state index in [4.69, 9.17) is 61.2 Å². The van der Waals surface area contributed by atoms with E-state index in [1.807, 2.05) is 41.7 Å². The SMILES string of the molecule is C.CC(=O)N1CCC(CC(=O)N2CCN(C3CCN(C4c5ccc(Cl)cc5CCc5cc(Br)cnc54)CC3)CC2C(C)(C)C)CC1.CC(C)(C)C1CN(C2CCN(C3c4ccc(Cl)cc4CCc4cc(Br)cnc43)CC2)CCN1C(=O)CC1CCN(C(N)=O)CC1.CC(C)C1CN(C2CCN(C3c4ccc(Cl)cc4CCc4cc(Br)cnc43)CC2)CCN1C(=O)CC1CCN(C(N)=O)CC1. The molecular formula is C106H147Br3Cl3N17O6. The summed E-state index contributed by atoms with van der Waals surface area (Å²) >= 11 is 30.3. The summed E-state index contributed by atoms with van der Waals surface area (Å²) in [4.78, 5) is 119. The van der Waals surface area contributed by atoms with Gasteiger partial charge in [0.05, 0.1) is 35.2 Å². The summed E-state index contributed by atoms with van der Waals surface area (Å²) in [6.07, 6.45) is 25.3. The van der Waals surface area contributed by atoms with E-state index in [0.717, 1.165) is 255 Å². The monoisotopic (exact) mass is 2100 g/mol. The predicted molar refractivity (Wildman–Crippen MR) is 550 cm³/mol. The Kier molecular flexibility index (Phi) is 34.5. The van der Waals surface area contributed by atoms with Crippen LogP contribution in [0, 0.1) is 34.5 Å². The minimum Gasteiger partial charge on any atom is -0.351 e. The van der Waals surface area contributed by atoms with Gasteiger partial charge in [-0.3, -0.25) is 63.5 Å². The molecule has 0 saturated carbocycles. The van der Waals surface area contributed by atoms with Gasteiger partial charge in [0.2, 0.25) is 23.6 Å². The lowest BCUT2D eigenvalue weighted by molar-refractivity contribution is -0.143. The van der Waals surface area contributed by atoms with Crippen molar-refractivity contribution in [2.45, 2.75) is 259 Å². The maximum atomic E-state index is 13.7. The molecule has 9 saturated heterocycles. The number of pyridine rings is 3. The molecule has 0 bridgehead atoms. The Bertz CT molecular complexity index is 4780. The van der Waals surface area contributed by atoms with E-state index in [2.05, 4.69) is 202 Å². The number of carbonyl (C=O) groups excluding carboxylic acids is 6. The Morgan fingerprint density at radius 3 is 0.941 bits per heavy atom. The number of hydrogen-bond donors (Lipinski definition) is 2. The zero-order valence-corrected chi connectivity index (χ0v) is 87.5. The average Bonchev–Trinajstić information content (AvgIpc) is 1.72. The number of piperazine rings is 3. The number of carbonyl (C=O) groups is 6. The first-order valence-electron chi connectivity index (χ1n) is 50.1. The topological polar surface area (TPSA) is 232 Å². The number of piperidine rings is 6. The molecule has 135 heavy (non-hydrogen) atoms. The molecule has 23 nitrogen and oxygen atoms in total. The van der Waals surface area contributed by atoms with Crippen molar-refractivity contribution >= 4 is 118 Å². The third kappa shape index (κ3) is 24.7. The lowest BCUT2D eigenvalue weighted by atomic mass is 9.82. The number of primary amides is 2. The number of hydrogen-bond acceptors (Lipinski definition) is 15. The summed E-state index contributed by atoms with van der Waals surface area (Å²) in [6.45, 7) is 38.1. The predicted octanol–water partition coefficient (Wildman–Crippen LogP) is 18.4. The highest BCUT2D eigenvalue weighted by atomic mass is 79.9. The number of urea groups is 2. The highest BCUT2D eigenvalue weighted by Gasteiger charge is 2.47. The smallest absolute Gasteiger partial charge is 0.314 e. The third-order valence-corrected chi connectivity index (χ3v) is 34.3. The fourth-order valence-corrected chi connectivity index (χ4v) is 26.2. The summed E-state index contributed by atoms with van der Waals surface area (Å²) in [6, 6.07) is 27.8. The van der Waals surface area contributed by atoms with Gasteiger partial charge in [-0.1, -0.05) is 116 Å². The van der Waals surface area contributed by atoms with E-state index in [1.165, 1.54) is 67.2 Å². The Morgan fingerprint density at radius 1 is 0.370 bits per heavy atom. The molecule has 6 atom stereocenters. The van der Waals surface area contributed by atoms with Crippen molar-refractivity contribution in [3.05, 3.63) is 187 Å². The minimum absolute atomic E-state index is 0. The molecule has 3 aromatic carbocycles. The molecule has 12 heterocycles. The summed E-state index contributed by atoms with van der Waals surface area (Å²) in [7, 11) is 0. The number of nitrogens with zero attached hydrogens (tertiary/aromatic N) is 15. The lowest BCUT2D eigenvalue weighted by Crippen LogP contribution is -2.62. The number of amides is 8. The second kappa shape index (κ2) is 45.2. The fourth-order valence-electron chi connectivity index (χ4n) is 24.5. The molecule has 4 N–H and O–H groups in total. The molecule has 9 aliphatic heterocycles. The van der Waals surface area contributed by atoms with Gasteiger partial charge >= 0.3 is 12.1 Å². The molecule has 0 spiro atoms. The maximum Gasteiger partial charge on any atom is 0.314 e. The summed E-state index contributed by atoms with van der Waals surface area (Å²) in [5.74, 6) is 2.43. The van der Waals surface area contributed by atoms with Crippen molar-refractivity contribution < 1.29 is 28.8 Å². The van der Waals surface area contributed by atoms with Crippen LogP contribution < -0.4 is 11.5 Å². The van der Waals surface area contributed by atoms with Gasteiger partial charge in [-0.05, 0) is 303 Å². The number of likely N-dealkylation sites (tertiary alicyclic amines) is 6. The van der Waals surface area contributed by atoms with Crippen LogP contribution in [0.4, 0.5) is 9.59 Å². The number of nitrogens with two attached hydrogens (primary N) is 2. The Balaban J connectivity index is 0.000000154. The van der Waals surface area contributed by atoms with E-state index < -0.39 is 0 Å². The van der Waals surface area contributed by atoms with Crippen molar-refractivity contribution in [3.63, 3.8) is 0 Å². The van der Waals surface area contributed by atoms with E-state index >= 15 is 0 Å². The first-order chi connectivity index (χ1) is 64.1. The van der Waals surface area contributed by atoms with E-state index in [9.17, 15) is 28.8 Å². The third-order valence-electron chi connectivity index (χ3n) is 32.3. The molecule has 29 heteroatoms. The van der Waals surface area contributed by atoms with Crippen LogP contribution in [0.15, 0.2) is 105 Å². The molecule has 0 radical (unpaired) electrons. The van der Waals surface area contributed by atoms with Gasteiger partial charge in [-0.2, -0.15) is 0 Å². The van der Waals surface area contributed by atoms with Crippen molar-refractivity contribution in [1.29, 1.82) is 0 Å². The average molecular weight is 2100 g/mol. The largest absolute Gasteiger partial charge is 0.351 e. The Labute approximate surface area is 843 Å². The van der Waals surface area contributed by atoms with E-state index in [0.29, 0.717) is 93.1 Å². The lowest BCUT2D eigenvalue weighted by Gasteiger charge is -2.51. The van der Waals surface area contributed by atoms with Gasteiger partial charge in [0.1, 0.15) is 0 Å². The number of aryl methyl sites for hydroxylation is 6. The van der Waals surface area contributed by atoms with E-state index in [1.54, 1.807) is 16.7 Å². The van der Waals surface area contributed by atoms with Crippen LogP contribution in [0.25, 0.3) is 0 Å². The van der Waals surface area contributed by atoms with E-state index in [-0.39, 0.29) is 84.3 Å². The molecule has 3 aromatic heterocycles. The molecule has 6 aromatic rings. The van der Waals surface area contributed by atoms with Crippen molar-refractivity contribution in [2.24, 2.45) is 46.0 Å². The number of fused-ring (bicyclic) bond motifs is 6. The normalized spacial score (nSPS) is 24.0. The van der Waals surface area contributed by atoms with Crippen molar-refractivity contribution in [2.75, 3.05) is 137 Å². The van der Waals surface area contributed by atoms with Gasteiger partial charge in [-0.15, -0.1) is 0 Å². The van der Waals surface area contributed by atoms with Gasteiger partial charge in [0, 0.05) is 247 Å². The van der Waals surface area contributed by atoms with Crippen molar-refractivity contribution in [3.8, 4) is 0 Å². The first-order valence-corrected chi connectivity index (χ1v) is 53.6. The molecular weight excluding hydrogens is 1950 g/mol. The molecule has 12 aliphatic rings. The molecule has 6 unspecified atom stereocenters. The van der Waals surface area contributed by atoms with Crippen molar-refractivity contribution in [1.82, 2.24) is 73.8 Å². The number of benzene rings is 3. The van der Waals surface area contributed by atoms with Crippen LogP contribution in [-0.2, 0) is 57.7 Å². The zero-order chi connectivity index (χ0) is 94.7. The van der Waals surface area contributed by atoms with Gasteiger partial charge in [0.15, 0.2) is 0 Å². The summed E-state index contributed by atoms with van der Waals surface area (Å²) in [5, 5.41) is 2.40. The zero-order valence-electron chi connectivity index (χ0n) is 80.4. The second-order valence-corrected chi connectivity index (χ2v) is 47.1. The molecule has 8 amide bonds. The quantitative estimate of drug-likeness (QED) is 0.109. The van der Waals surface area contributed by atoms with Gasteiger partial charge in [-0.25, -0.2) is 9.59 Å². The molecule has 3 aliphatic carbocycles. The number of aromatic nitrogens is 3. The van der Waals surface area contributed by atoms with Gasteiger partial charge < -0.3 is 40.9 Å². The minimum atomic E-state index is -0.353. The number of halogens is 6. The number of rotatable bonds is 13. The molecule has 18 rings (SSSR count). The highest BCUT2D eigenvalue weighted by molar-refractivity contribution is 9.11. The highest BCUT2D eigenvalue weighted by Crippen LogP contribution is 2.46. The first kappa shape index (κ1) is 103. The fraction of sp³-hybridized carbons (Fsp3) is 0.632. The summed E-state index contributed by atoms with van der Waals surface area (Å²) in [5.41, 5.74) is 26.4. The second-order valence-electron chi connectivity index (χ2n) is 43.1. The van der Waals surface area contributed by atoms with Crippen LogP contribution in [0.2, 0.25) is 15.1 Å².